The quantitative estimate of drug-likeness (QED) is 0.744. The van der Waals surface area contributed by atoms with E-state index >= 15 is 0 Å². The van der Waals surface area contributed by atoms with Crippen molar-refractivity contribution in [2.45, 2.75) is 13.0 Å². The fourth-order valence-electron chi connectivity index (χ4n) is 2.90. The van der Waals surface area contributed by atoms with E-state index in [-0.39, 0.29) is 30.4 Å². The molecule has 1 aliphatic rings. The highest BCUT2D eigenvalue weighted by Gasteiger charge is 2.31. The summed E-state index contributed by atoms with van der Waals surface area (Å²) in [6.07, 6.45) is 3.21. The van der Waals surface area contributed by atoms with Crippen molar-refractivity contribution in [2.75, 3.05) is 21.5 Å². The second kappa shape index (κ2) is 6.91. The second-order valence-electron chi connectivity index (χ2n) is 5.95. The van der Waals surface area contributed by atoms with Crippen LogP contribution in [-0.2, 0) is 28.4 Å². The van der Waals surface area contributed by atoms with Gasteiger partial charge in [-0.25, -0.2) is 12.8 Å². The third-order valence-corrected chi connectivity index (χ3v) is 6.15. The number of amides is 1. The summed E-state index contributed by atoms with van der Waals surface area (Å²) in [5.74, 6) is -1.04. The Labute approximate surface area is 151 Å². The van der Waals surface area contributed by atoms with E-state index in [1.807, 2.05) is 0 Å². The molecule has 2 aromatic rings. The highest BCUT2D eigenvalue weighted by molar-refractivity contribution is 7.93. The Balaban J connectivity index is 2.02. The molecule has 0 atom stereocenters. The zero-order chi connectivity index (χ0) is 18.9. The molecule has 0 spiro atoms. The molecular formula is C17H19FN4O3S. The predicted octanol–water partition coefficient (Wildman–Crippen LogP) is 1.82. The van der Waals surface area contributed by atoms with Gasteiger partial charge < -0.3 is 4.90 Å². The number of benzene rings is 1. The maximum atomic E-state index is 14.3. The van der Waals surface area contributed by atoms with E-state index in [0.717, 1.165) is 16.1 Å². The molecule has 9 heteroatoms. The first-order valence-electron chi connectivity index (χ1n) is 8.04. The molecule has 0 N–H and O–H groups in total. The van der Waals surface area contributed by atoms with E-state index in [2.05, 4.69) is 11.7 Å². The van der Waals surface area contributed by atoms with Crippen molar-refractivity contribution in [1.82, 2.24) is 9.78 Å². The predicted molar refractivity (Wildman–Crippen MR) is 96.7 cm³/mol. The Morgan fingerprint density at radius 1 is 1.42 bits per heavy atom. The number of carbonyl (C=O) groups is 1. The molecule has 2 heterocycles. The minimum atomic E-state index is -3.53. The SMILES string of the molecule is C=CC(=O)N(Cc1ccnn1C)c1ccc(F)c(N2CCCS2(=O)=O)c1. The highest BCUT2D eigenvalue weighted by Crippen LogP contribution is 2.31. The van der Waals surface area contributed by atoms with Crippen LogP contribution in [0.15, 0.2) is 43.1 Å². The van der Waals surface area contributed by atoms with Gasteiger partial charge in [-0.05, 0) is 36.8 Å². The first kappa shape index (κ1) is 18.1. The second-order valence-corrected chi connectivity index (χ2v) is 7.96. The summed E-state index contributed by atoms with van der Waals surface area (Å²) in [7, 11) is -1.78. The minimum Gasteiger partial charge on any atom is -0.303 e. The normalized spacial score (nSPS) is 15.8. The molecule has 1 aromatic heterocycles. The Hall–Kier alpha value is -2.68. The lowest BCUT2D eigenvalue weighted by Gasteiger charge is -2.24. The van der Waals surface area contributed by atoms with Crippen molar-refractivity contribution in [1.29, 1.82) is 0 Å². The van der Waals surface area contributed by atoms with Crippen LogP contribution in [0.2, 0.25) is 0 Å². The standard InChI is InChI=1S/C17H19FN4O3S/c1-3-17(23)21(12-14-7-8-19-20(14)2)13-5-6-15(18)16(11-13)22-9-4-10-26(22,24)25/h3,5-8,11H,1,4,9-10,12H2,2H3. The van der Waals surface area contributed by atoms with Crippen LogP contribution in [0.25, 0.3) is 0 Å². The minimum absolute atomic E-state index is 0.0129. The van der Waals surface area contributed by atoms with Gasteiger partial charge in [0, 0.05) is 25.5 Å². The fourth-order valence-corrected chi connectivity index (χ4v) is 4.46. The molecule has 0 bridgehead atoms. The average Bonchev–Trinajstić information content (AvgIpc) is 3.17. The van der Waals surface area contributed by atoms with E-state index < -0.39 is 15.8 Å². The summed E-state index contributed by atoms with van der Waals surface area (Å²) < 4.78 is 41.3. The first-order chi connectivity index (χ1) is 12.3. The number of aromatic nitrogens is 2. The summed E-state index contributed by atoms with van der Waals surface area (Å²) >= 11 is 0. The van der Waals surface area contributed by atoms with Crippen molar-refractivity contribution in [3.8, 4) is 0 Å². The number of nitrogens with zero attached hydrogens (tertiary/aromatic N) is 4. The monoisotopic (exact) mass is 378 g/mol. The van der Waals surface area contributed by atoms with Gasteiger partial charge in [-0.2, -0.15) is 5.10 Å². The van der Waals surface area contributed by atoms with Crippen LogP contribution in [0.5, 0.6) is 0 Å². The van der Waals surface area contributed by atoms with Crippen molar-refractivity contribution in [3.63, 3.8) is 0 Å². The molecule has 3 rings (SSSR count). The molecule has 0 aliphatic carbocycles. The Kier molecular flexibility index (Phi) is 4.82. The van der Waals surface area contributed by atoms with Gasteiger partial charge in [0.15, 0.2) is 0 Å². The number of rotatable bonds is 5. The summed E-state index contributed by atoms with van der Waals surface area (Å²) in [5.41, 5.74) is 1.10. The number of sulfonamides is 1. The van der Waals surface area contributed by atoms with E-state index in [1.54, 1.807) is 24.0 Å². The Morgan fingerprint density at radius 2 is 2.19 bits per heavy atom. The van der Waals surface area contributed by atoms with Crippen LogP contribution >= 0.6 is 0 Å². The van der Waals surface area contributed by atoms with E-state index in [4.69, 9.17) is 0 Å². The first-order valence-corrected chi connectivity index (χ1v) is 9.65. The van der Waals surface area contributed by atoms with Crippen molar-refractivity contribution in [2.24, 2.45) is 7.05 Å². The molecule has 1 fully saturated rings. The van der Waals surface area contributed by atoms with E-state index in [1.165, 1.54) is 23.1 Å². The zero-order valence-corrected chi connectivity index (χ0v) is 15.1. The number of hydrogen-bond acceptors (Lipinski definition) is 4. The van der Waals surface area contributed by atoms with Gasteiger partial charge in [0.25, 0.3) is 5.91 Å². The van der Waals surface area contributed by atoms with Gasteiger partial charge in [0.2, 0.25) is 10.0 Å². The van der Waals surface area contributed by atoms with Crippen LogP contribution in [0.3, 0.4) is 0 Å². The van der Waals surface area contributed by atoms with Crippen molar-refractivity contribution < 1.29 is 17.6 Å². The van der Waals surface area contributed by atoms with Gasteiger partial charge in [-0.1, -0.05) is 6.58 Å². The summed E-state index contributed by atoms with van der Waals surface area (Å²) in [6, 6.07) is 5.76. The summed E-state index contributed by atoms with van der Waals surface area (Å²) in [4.78, 5) is 13.7. The maximum absolute atomic E-state index is 14.3. The molecule has 7 nitrogen and oxygen atoms in total. The summed E-state index contributed by atoms with van der Waals surface area (Å²) in [5, 5.41) is 4.07. The third kappa shape index (κ3) is 3.34. The molecule has 138 valence electrons. The smallest absolute Gasteiger partial charge is 0.250 e. The molecule has 0 saturated carbocycles. The number of anilines is 2. The fraction of sp³-hybridized carbons (Fsp3) is 0.294. The average molecular weight is 378 g/mol. The molecule has 0 radical (unpaired) electrons. The van der Waals surface area contributed by atoms with Crippen LogP contribution in [0, 0.1) is 5.82 Å². The number of aryl methyl sites for hydroxylation is 1. The lowest BCUT2D eigenvalue weighted by atomic mass is 10.2. The van der Waals surface area contributed by atoms with Crippen LogP contribution in [0.4, 0.5) is 15.8 Å². The molecule has 1 amide bonds. The van der Waals surface area contributed by atoms with E-state index in [0.29, 0.717) is 12.1 Å². The van der Waals surface area contributed by atoms with Gasteiger partial charge in [-0.15, -0.1) is 0 Å². The number of halogens is 1. The lowest BCUT2D eigenvalue weighted by Crippen LogP contribution is -2.30. The van der Waals surface area contributed by atoms with Crippen LogP contribution in [0.1, 0.15) is 12.1 Å². The van der Waals surface area contributed by atoms with Crippen molar-refractivity contribution >= 4 is 27.3 Å². The van der Waals surface area contributed by atoms with Crippen molar-refractivity contribution in [3.05, 3.63) is 54.6 Å². The summed E-state index contributed by atoms with van der Waals surface area (Å²) in [6.45, 7) is 3.92. The zero-order valence-electron chi connectivity index (χ0n) is 14.3. The number of hydrogen-bond donors (Lipinski definition) is 0. The Bertz CT molecular complexity index is 955. The molecular weight excluding hydrogens is 359 g/mol. The molecule has 26 heavy (non-hydrogen) atoms. The molecule has 0 unspecified atom stereocenters. The van der Waals surface area contributed by atoms with Gasteiger partial charge in [0.05, 0.1) is 23.7 Å². The van der Waals surface area contributed by atoms with Crippen LogP contribution < -0.4 is 9.21 Å². The highest BCUT2D eigenvalue weighted by atomic mass is 32.2. The van der Waals surface area contributed by atoms with Gasteiger partial charge >= 0.3 is 0 Å². The maximum Gasteiger partial charge on any atom is 0.250 e. The lowest BCUT2D eigenvalue weighted by molar-refractivity contribution is -0.114. The topological polar surface area (TPSA) is 75.5 Å². The molecule has 1 aromatic carbocycles. The Morgan fingerprint density at radius 3 is 2.77 bits per heavy atom. The van der Waals surface area contributed by atoms with Gasteiger partial charge in [0.1, 0.15) is 5.82 Å². The molecule has 1 saturated heterocycles. The third-order valence-electron chi connectivity index (χ3n) is 4.29. The molecule has 1 aliphatic heterocycles. The van der Waals surface area contributed by atoms with E-state index in [9.17, 15) is 17.6 Å². The largest absolute Gasteiger partial charge is 0.303 e. The van der Waals surface area contributed by atoms with Gasteiger partial charge in [-0.3, -0.25) is 13.8 Å². The van der Waals surface area contributed by atoms with Crippen LogP contribution in [-0.4, -0.2) is 36.4 Å². The number of carbonyl (C=O) groups excluding carboxylic acids is 1.